The van der Waals surface area contributed by atoms with Gasteiger partial charge in [-0.15, -0.1) is 11.3 Å². The van der Waals surface area contributed by atoms with Gasteiger partial charge < -0.3 is 10.1 Å². The predicted octanol–water partition coefficient (Wildman–Crippen LogP) is 3.42. The van der Waals surface area contributed by atoms with Crippen LogP contribution in [0.25, 0.3) is 10.6 Å². The van der Waals surface area contributed by atoms with Crippen molar-refractivity contribution in [2.45, 2.75) is 33.2 Å². The first kappa shape index (κ1) is 19.7. The Labute approximate surface area is 184 Å². The molecule has 0 aliphatic carbocycles. The fraction of sp³-hybridized carbons (Fsp3) is 0.304. The Morgan fingerprint density at radius 1 is 1.23 bits per heavy atom. The zero-order valence-electron chi connectivity index (χ0n) is 17.4. The van der Waals surface area contributed by atoms with E-state index in [0.29, 0.717) is 24.7 Å². The van der Waals surface area contributed by atoms with Crippen LogP contribution in [-0.2, 0) is 17.8 Å². The van der Waals surface area contributed by atoms with Crippen molar-refractivity contribution in [1.29, 1.82) is 0 Å². The van der Waals surface area contributed by atoms with E-state index in [0.717, 1.165) is 50.7 Å². The number of ether oxygens (including phenoxy) is 1. The van der Waals surface area contributed by atoms with Gasteiger partial charge in [0.15, 0.2) is 18.2 Å². The molecule has 0 aromatic carbocycles. The molecule has 158 valence electrons. The number of amides is 2. The third-order valence-corrected chi connectivity index (χ3v) is 6.96. The van der Waals surface area contributed by atoms with Crippen molar-refractivity contribution in [3.8, 4) is 16.3 Å². The number of nitrogens with one attached hydrogen (secondary N) is 1. The normalized spacial score (nSPS) is 15.6. The minimum Gasteiger partial charge on any atom is -0.480 e. The highest BCUT2D eigenvalue weighted by molar-refractivity contribution is 7.15. The van der Waals surface area contributed by atoms with Gasteiger partial charge in [-0.1, -0.05) is 0 Å². The van der Waals surface area contributed by atoms with Crippen LogP contribution in [0.4, 0.5) is 5.82 Å². The van der Waals surface area contributed by atoms with E-state index in [9.17, 15) is 9.59 Å². The second-order valence-corrected chi connectivity index (χ2v) is 8.92. The van der Waals surface area contributed by atoms with Crippen molar-refractivity contribution >= 4 is 29.0 Å². The summed E-state index contributed by atoms with van der Waals surface area (Å²) in [5.74, 6) is 0.916. The number of nitrogens with zero attached hydrogens (tertiary/aromatic N) is 3. The summed E-state index contributed by atoms with van der Waals surface area (Å²) in [6, 6.07) is 7.59. The van der Waals surface area contributed by atoms with Crippen LogP contribution in [0, 0.1) is 13.8 Å². The summed E-state index contributed by atoms with van der Waals surface area (Å²) >= 11 is 1.59. The van der Waals surface area contributed by atoms with E-state index in [-0.39, 0.29) is 18.4 Å². The summed E-state index contributed by atoms with van der Waals surface area (Å²) in [5.41, 5.74) is 4.44. The molecule has 0 atom stereocenters. The first-order valence-electron chi connectivity index (χ1n) is 10.3. The van der Waals surface area contributed by atoms with Gasteiger partial charge in [-0.2, -0.15) is 0 Å². The van der Waals surface area contributed by atoms with Gasteiger partial charge in [-0.25, -0.2) is 4.98 Å². The highest BCUT2D eigenvalue weighted by Crippen LogP contribution is 2.37. The molecule has 5 heterocycles. The topological polar surface area (TPSA) is 84.4 Å². The molecule has 31 heavy (non-hydrogen) atoms. The van der Waals surface area contributed by atoms with E-state index >= 15 is 0 Å². The molecule has 0 saturated carbocycles. The third-order valence-electron chi connectivity index (χ3n) is 5.74. The lowest BCUT2D eigenvalue weighted by molar-refractivity contribution is -0.121. The quantitative estimate of drug-likeness (QED) is 0.683. The van der Waals surface area contributed by atoms with Gasteiger partial charge in [-0.3, -0.25) is 19.5 Å². The van der Waals surface area contributed by atoms with Crippen molar-refractivity contribution in [3.05, 3.63) is 57.7 Å². The number of anilines is 1. The fourth-order valence-electron chi connectivity index (χ4n) is 3.98. The molecule has 3 aromatic heterocycles. The van der Waals surface area contributed by atoms with Crippen LogP contribution in [0.5, 0.6) is 5.75 Å². The Morgan fingerprint density at radius 3 is 2.94 bits per heavy atom. The summed E-state index contributed by atoms with van der Waals surface area (Å²) in [4.78, 5) is 37.9. The van der Waals surface area contributed by atoms with E-state index in [4.69, 9.17) is 9.72 Å². The average Bonchev–Trinajstić information content (AvgIpc) is 3.11. The van der Waals surface area contributed by atoms with Crippen LogP contribution in [0.3, 0.4) is 0 Å². The number of rotatable bonds is 3. The minimum absolute atomic E-state index is 0.0140. The van der Waals surface area contributed by atoms with Gasteiger partial charge in [0.05, 0.1) is 22.7 Å². The van der Waals surface area contributed by atoms with Crippen molar-refractivity contribution in [3.63, 3.8) is 0 Å². The molecule has 2 aliphatic rings. The number of carbonyl (C=O) groups excluding carboxylic acids is 2. The smallest absolute Gasteiger partial charge is 0.266 e. The number of hydrogen-bond donors (Lipinski definition) is 1. The minimum atomic E-state index is -0.138. The van der Waals surface area contributed by atoms with E-state index in [1.165, 1.54) is 0 Å². The standard InChI is InChI=1S/C23H22N4O3S/c1-13-7-9-24-14(2)16(13)11-27-21(28)12-30-18-6-5-17(26-22(18)27)20-10-15-19(31-20)4-3-8-25-23(15)29/h5-7,9-10H,3-4,8,11-12H2,1-2H3,(H,25,29). The zero-order valence-corrected chi connectivity index (χ0v) is 18.2. The summed E-state index contributed by atoms with van der Waals surface area (Å²) in [6.45, 7) is 5.04. The largest absolute Gasteiger partial charge is 0.480 e. The lowest BCUT2D eigenvalue weighted by Crippen LogP contribution is -2.39. The monoisotopic (exact) mass is 434 g/mol. The molecule has 0 unspecified atom stereocenters. The van der Waals surface area contributed by atoms with Crippen molar-refractivity contribution < 1.29 is 14.3 Å². The van der Waals surface area contributed by atoms with Crippen molar-refractivity contribution in [2.24, 2.45) is 0 Å². The lowest BCUT2D eigenvalue weighted by Gasteiger charge is -2.29. The molecular formula is C23H22N4O3S. The maximum absolute atomic E-state index is 12.8. The molecule has 7 nitrogen and oxygen atoms in total. The summed E-state index contributed by atoms with van der Waals surface area (Å²) in [7, 11) is 0. The SMILES string of the molecule is Cc1ccnc(C)c1CN1C(=O)COc2ccc(-c3cc4c(s3)CCCNC4=O)nc21. The molecular weight excluding hydrogens is 412 g/mol. The van der Waals surface area contributed by atoms with Crippen LogP contribution in [0.15, 0.2) is 30.5 Å². The second kappa shape index (κ2) is 7.77. The highest BCUT2D eigenvalue weighted by atomic mass is 32.1. The van der Waals surface area contributed by atoms with Crippen molar-refractivity contribution in [2.75, 3.05) is 18.1 Å². The number of pyridine rings is 2. The number of hydrogen-bond acceptors (Lipinski definition) is 6. The maximum atomic E-state index is 12.8. The Hall–Kier alpha value is -3.26. The number of fused-ring (bicyclic) bond motifs is 2. The molecule has 0 radical (unpaired) electrons. The average molecular weight is 435 g/mol. The lowest BCUT2D eigenvalue weighted by atomic mass is 10.1. The van der Waals surface area contributed by atoms with Gasteiger partial charge in [0.25, 0.3) is 11.8 Å². The molecule has 0 bridgehead atoms. The number of thiophene rings is 1. The van der Waals surface area contributed by atoms with Gasteiger partial charge in [0.1, 0.15) is 0 Å². The van der Waals surface area contributed by atoms with E-state index < -0.39 is 0 Å². The number of aromatic nitrogens is 2. The van der Waals surface area contributed by atoms with Crippen LogP contribution in [0.2, 0.25) is 0 Å². The van der Waals surface area contributed by atoms with Gasteiger partial charge in [-0.05, 0) is 62.1 Å². The Bertz CT molecular complexity index is 1180. The van der Waals surface area contributed by atoms with Crippen LogP contribution in [0.1, 0.15) is 38.5 Å². The third kappa shape index (κ3) is 3.57. The molecule has 0 saturated heterocycles. The summed E-state index contributed by atoms with van der Waals surface area (Å²) in [6.07, 6.45) is 3.57. The molecule has 0 fully saturated rings. The van der Waals surface area contributed by atoms with Gasteiger partial charge in [0, 0.05) is 23.3 Å². The molecule has 2 amide bonds. The van der Waals surface area contributed by atoms with E-state index in [1.807, 2.05) is 38.1 Å². The molecule has 2 aliphatic heterocycles. The highest BCUT2D eigenvalue weighted by Gasteiger charge is 2.29. The van der Waals surface area contributed by atoms with Crippen LogP contribution in [-0.4, -0.2) is 34.9 Å². The first-order valence-corrected chi connectivity index (χ1v) is 11.1. The Balaban J connectivity index is 1.54. The number of aryl methyl sites for hydroxylation is 3. The molecule has 1 N–H and O–H groups in total. The Kier molecular flexibility index (Phi) is 4.94. The second-order valence-electron chi connectivity index (χ2n) is 7.79. The summed E-state index contributed by atoms with van der Waals surface area (Å²) in [5, 5.41) is 2.93. The first-order chi connectivity index (χ1) is 15.0. The van der Waals surface area contributed by atoms with Crippen LogP contribution < -0.4 is 15.0 Å². The molecule has 3 aromatic rings. The van der Waals surface area contributed by atoms with Crippen molar-refractivity contribution in [1.82, 2.24) is 15.3 Å². The zero-order chi connectivity index (χ0) is 21.5. The van der Waals surface area contributed by atoms with Gasteiger partial charge >= 0.3 is 0 Å². The maximum Gasteiger partial charge on any atom is 0.266 e. The van der Waals surface area contributed by atoms with E-state index in [1.54, 1.807) is 22.4 Å². The van der Waals surface area contributed by atoms with Gasteiger partial charge in [0.2, 0.25) is 0 Å². The number of carbonyl (C=O) groups is 2. The molecule has 0 spiro atoms. The molecule has 5 rings (SSSR count). The molecule has 8 heteroatoms. The fourth-order valence-corrected chi connectivity index (χ4v) is 5.15. The Morgan fingerprint density at radius 2 is 2.10 bits per heavy atom. The summed E-state index contributed by atoms with van der Waals surface area (Å²) < 4.78 is 5.64. The predicted molar refractivity (Wildman–Crippen MR) is 119 cm³/mol. The van der Waals surface area contributed by atoms with E-state index in [2.05, 4.69) is 10.3 Å². The van der Waals surface area contributed by atoms with Crippen LogP contribution >= 0.6 is 11.3 Å².